The van der Waals surface area contributed by atoms with Gasteiger partial charge in [0.15, 0.2) is 0 Å². The summed E-state index contributed by atoms with van der Waals surface area (Å²) in [6.45, 7) is 3.25. The number of hydrogen-bond acceptors (Lipinski definition) is 3. The predicted octanol–water partition coefficient (Wildman–Crippen LogP) is 1.14. The average molecular weight is 270 g/mol. The monoisotopic (exact) mass is 270 g/mol. The van der Waals surface area contributed by atoms with E-state index < -0.39 is 0 Å². The quantitative estimate of drug-likeness (QED) is 0.777. The van der Waals surface area contributed by atoms with Gasteiger partial charge in [0.05, 0.1) is 13.2 Å². The first-order valence-corrected chi connectivity index (χ1v) is 7.26. The van der Waals surface area contributed by atoms with Crippen molar-refractivity contribution < 1.29 is 9.53 Å². The number of ether oxygens (including phenoxy) is 1. The second-order valence-electron chi connectivity index (χ2n) is 5.64. The minimum Gasteiger partial charge on any atom is -0.379 e. The molecule has 4 rings (SSSR count). The smallest absolute Gasteiger partial charge is 0.253 e. The number of allylic oxidation sites excluding steroid dienone is 6. The zero-order valence-corrected chi connectivity index (χ0v) is 11.3. The van der Waals surface area contributed by atoms with E-state index in [0.717, 1.165) is 43.9 Å². The zero-order chi connectivity index (χ0) is 13.5. The third-order valence-corrected chi connectivity index (χ3v) is 4.46. The molecule has 1 N–H and O–H groups in total. The summed E-state index contributed by atoms with van der Waals surface area (Å²) in [7, 11) is 0. The van der Waals surface area contributed by atoms with Crippen molar-refractivity contribution in [3.8, 4) is 0 Å². The largest absolute Gasteiger partial charge is 0.379 e. The van der Waals surface area contributed by atoms with Crippen LogP contribution in [0.2, 0.25) is 0 Å². The standard InChI is InChI=1S/C16H18N2O2/c19-16-14-10-12-4-2-1-3-11(12)9-13(14)15(17-16)18-5-7-20-8-6-18/h1-2,4,9-11,15H,3,5-8H2,(H,17,19). The van der Waals surface area contributed by atoms with Gasteiger partial charge in [0.25, 0.3) is 5.91 Å². The van der Waals surface area contributed by atoms with Crippen molar-refractivity contribution in [1.29, 1.82) is 0 Å². The summed E-state index contributed by atoms with van der Waals surface area (Å²) >= 11 is 0. The third-order valence-electron chi connectivity index (χ3n) is 4.46. The van der Waals surface area contributed by atoms with E-state index in [4.69, 9.17) is 4.74 Å². The number of carbonyl (C=O) groups is 1. The van der Waals surface area contributed by atoms with Gasteiger partial charge in [-0.1, -0.05) is 24.3 Å². The topological polar surface area (TPSA) is 41.6 Å². The van der Waals surface area contributed by atoms with Gasteiger partial charge in [-0.3, -0.25) is 9.69 Å². The molecule has 2 heterocycles. The van der Waals surface area contributed by atoms with Gasteiger partial charge < -0.3 is 10.1 Å². The summed E-state index contributed by atoms with van der Waals surface area (Å²) in [5.74, 6) is 0.483. The molecule has 2 unspecified atom stereocenters. The lowest BCUT2D eigenvalue weighted by molar-refractivity contribution is -0.117. The molecule has 0 aromatic rings. The Kier molecular flexibility index (Phi) is 2.86. The summed E-state index contributed by atoms with van der Waals surface area (Å²) in [6.07, 6.45) is 11.8. The van der Waals surface area contributed by atoms with Crippen molar-refractivity contribution in [2.24, 2.45) is 5.92 Å². The second kappa shape index (κ2) is 4.72. The van der Waals surface area contributed by atoms with Crippen molar-refractivity contribution in [2.75, 3.05) is 26.3 Å². The number of fused-ring (bicyclic) bond motifs is 2. The fourth-order valence-corrected chi connectivity index (χ4v) is 3.38. The normalized spacial score (nSPS) is 32.8. The molecule has 0 aromatic heterocycles. The fraction of sp³-hybridized carbons (Fsp3) is 0.438. The summed E-state index contributed by atoms with van der Waals surface area (Å²) in [5.41, 5.74) is 3.26. The first kappa shape index (κ1) is 12.1. The van der Waals surface area contributed by atoms with Crippen LogP contribution in [0.15, 0.2) is 47.1 Å². The minimum absolute atomic E-state index is 0.0325. The van der Waals surface area contributed by atoms with E-state index >= 15 is 0 Å². The molecule has 20 heavy (non-hydrogen) atoms. The van der Waals surface area contributed by atoms with E-state index in [1.54, 1.807) is 0 Å². The van der Waals surface area contributed by atoms with Crippen LogP contribution in [0.1, 0.15) is 6.42 Å². The molecule has 0 radical (unpaired) electrons. The Hall–Kier alpha value is -1.65. The number of rotatable bonds is 1. The van der Waals surface area contributed by atoms with Crippen LogP contribution in [0, 0.1) is 5.92 Å². The highest BCUT2D eigenvalue weighted by molar-refractivity contribution is 6.03. The van der Waals surface area contributed by atoms with Gasteiger partial charge in [0.2, 0.25) is 0 Å². The lowest BCUT2D eigenvalue weighted by Gasteiger charge is -2.33. The Morgan fingerprint density at radius 2 is 2.15 bits per heavy atom. The Bertz CT molecular complexity index is 565. The molecule has 2 fully saturated rings. The maximum Gasteiger partial charge on any atom is 0.253 e. The highest BCUT2D eigenvalue weighted by Crippen LogP contribution is 2.37. The second-order valence-corrected chi connectivity index (χ2v) is 5.64. The van der Waals surface area contributed by atoms with E-state index in [1.165, 1.54) is 5.57 Å². The summed E-state index contributed by atoms with van der Waals surface area (Å²) in [6, 6.07) is 0. The molecule has 2 saturated heterocycles. The van der Waals surface area contributed by atoms with Crippen LogP contribution >= 0.6 is 0 Å². The molecular weight excluding hydrogens is 252 g/mol. The van der Waals surface area contributed by atoms with E-state index in [9.17, 15) is 4.79 Å². The molecule has 0 aromatic carbocycles. The van der Waals surface area contributed by atoms with Crippen molar-refractivity contribution in [3.63, 3.8) is 0 Å². The van der Waals surface area contributed by atoms with Crippen LogP contribution in [-0.2, 0) is 9.53 Å². The van der Waals surface area contributed by atoms with E-state index in [-0.39, 0.29) is 12.1 Å². The van der Waals surface area contributed by atoms with Gasteiger partial charge in [-0.25, -0.2) is 0 Å². The summed E-state index contributed by atoms with van der Waals surface area (Å²) in [5, 5.41) is 3.12. The van der Waals surface area contributed by atoms with Gasteiger partial charge in [-0.15, -0.1) is 0 Å². The maximum absolute atomic E-state index is 12.2. The Morgan fingerprint density at radius 1 is 1.30 bits per heavy atom. The lowest BCUT2D eigenvalue weighted by Crippen LogP contribution is -2.49. The molecule has 2 aliphatic carbocycles. The first-order valence-electron chi connectivity index (χ1n) is 7.26. The van der Waals surface area contributed by atoms with Gasteiger partial charge in [0.1, 0.15) is 6.17 Å². The Morgan fingerprint density at radius 3 is 3.00 bits per heavy atom. The Labute approximate surface area is 118 Å². The SMILES string of the molecule is O=C1NC(N2CCOCC2)C2=CC3CC=CC=C3C=C12. The van der Waals surface area contributed by atoms with E-state index in [1.807, 2.05) is 0 Å². The number of morpholine rings is 1. The molecule has 104 valence electrons. The fourth-order valence-electron chi connectivity index (χ4n) is 3.38. The van der Waals surface area contributed by atoms with Crippen LogP contribution in [0.5, 0.6) is 0 Å². The maximum atomic E-state index is 12.2. The first-order chi connectivity index (χ1) is 9.83. The van der Waals surface area contributed by atoms with Crippen molar-refractivity contribution in [2.45, 2.75) is 12.6 Å². The van der Waals surface area contributed by atoms with Gasteiger partial charge in [-0.05, 0) is 23.6 Å². The third kappa shape index (κ3) is 1.87. The number of amides is 1. The van der Waals surface area contributed by atoms with Crippen LogP contribution in [0.3, 0.4) is 0 Å². The molecule has 2 aliphatic heterocycles. The van der Waals surface area contributed by atoms with Gasteiger partial charge in [-0.2, -0.15) is 0 Å². The molecule has 0 spiro atoms. The molecule has 4 aliphatic rings. The van der Waals surface area contributed by atoms with Crippen molar-refractivity contribution >= 4 is 5.91 Å². The molecule has 0 bridgehead atoms. The summed E-state index contributed by atoms with van der Waals surface area (Å²) in [4.78, 5) is 14.5. The van der Waals surface area contributed by atoms with Crippen molar-refractivity contribution in [3.05, 3.63) is 47.1 Å². The van der Waals surface area contributed by atoms with E-state index in [0.29, 0.717) is 5.92 Å². The highest BCUT2D eigenvalue weighted by atomic mass is 16.5. The number of carbonyl (C=O) groups excluding carboxylic acids is 1. The van der Waals surface area contributed by atoms with Crippen LogP contribution in [0.25, 0.3) is 0 Å². The molecule has 4 nitrogen and oxygen atoms in total. The number of hydrogen-bond donors (Lipinski definition) is 1. The van der Waals surface area contributed by atoms with Gasteiger partial charge >= 0.3 is 0 Å². The molecular formula is C16H18N2O2. The molecule has 0 saturated carbocycles. The van der Waals surface area contributed by atoms with Crippen LogP contribution in [-0.4, -0.2) is 43.3 Å². The zero-order valence-electron chi connectivity index (χ0n) is 11.3. The van der Waals surface area contributed by atoms with Crippen LogP contribution < -0.4 is 5.32 Å². The lowest BCUT2D eigenvalue weighted by atomic mass is 9.82. The summed E-state index contributed by atoms with van der Waals surface area (Å²) < 4.78 is 5.40. The minimum atomic E-state index is 0.0325. The molecule has 4 heteroatoms. The average Bonchev–Trinajstić information content (AvgIpc) is 2.83. The van der Waals surface area contributed by atoms with Gasteiger partial charge in [0, 0.05) is 24.6 Å². The Balaban J connectivity index is 1.67. The van der Waals surface area contributed by atoms with Crippen LogP contribution in [0.4, 0.5) is 0 Å². The highest BCUT2D eigenvalue weighted by Gasteiger charge is 2.39. The van der Waals surface area contributed by atoms with E-state index in [2.05, 4.69) is 40.6 Å². The van der Waals surface area contributed by atoms with Crippen molar-refractivity contribution in [1.82, 2.24) is 10.2 Å². The molecule has 1 amide bonds. The number of nitrogens with zero attached hydrogens (tertiary/aromatic N) is 1. The molecule has 2 atom stereocenters. The number of nitrogens with one attached hydrogen (secondary N) is 1. The predicted molar refractivity (Wildman–Crippen MR) is 75.8 cm³/mol.